The van der Waals surface area contributed by atoms with E-state index in [2.05, 4.69) is 10.3 Å². The number of nitrogens with zero attached hydrogens (tertiary/aromatic N) is 1. The van der Waals surface area contributed by atoms with E-state index in [4.69, 9.17) is 0 Å². The summed E-state index contributed by atoms with van der Waals surface area (Å²) >= 11 is 1.66. The molecule has 0 N–H and O–H groups in total. The van der Waals surface area contributed by atoms with Gasteiger partial charge in [0, 0.05) is 13.1 Å². The van der Waals surface area contributed by atoms with Crippen LogP contribution in [-0.2, 0) is 11.2 Å². The number of hydrogen-bond donors (Lipinski definition) is 0. The number of rotatable bonds is 2. The Labute approximate surface area is 101 Å². The zero-order valence-corrected chi connectivity index (χ0v) is 10.5. The average Bonchev–Trinajstić information content (AvgIpc) is 2.69. The lowest BCUT2D eigenvalue weighted by atomic mass is 10.1. The minimum Gasteiger partial charge on any atom is -0.342 e. The zero-order valence-electron chi connectivity index (χ0n) is 9.65. The van der Waals surface area contributed by atoms with Crippen molar-refractivity contribution < 1.29 is 4.79 Å². The first-order valence-electron chi connectivity index (χ1n) is 6.15. The van der Waals surface area contributed by atoms with Crippen LogP contribution in [0.25, 0.3) is 0 Å². The van der Waals surface area contributed by atoms with Crippen LogP contribution < -0.4 is 0 Å². The van der Waals surface area contributed by atoms with E-state index in [0.29, 0.717) is 12.3 Å². The quantitative estimate of drug-likeness (QED) is 0.774. The molecule has 1 saturated heterocycles. The molecule has 1 aromatic heterocycles. The van der Waals surface area contributed by atoms with Crippen molar-refractivity contribution in [3.05, 3.63) is 22.4 Å². The van der Waals surface area contributed by atoms with E-state index in [0.717, 1.165) is 18.7 Å². The molecule has 88 valence electrons. The third kappa shape index (κ3) is 3.34. The van der Waals surface area contributed by atoms with Crippen LogP contribution in [0.15, 0.2) is 16.8 Å². The molecule has 3 heteroatoms. The molecule has 2 rings (SSSR count). The third-order valence-corrected chi connectivity index (χ3v) is 3.88. The van der Waals surface area contributed by atoms with Crippen LogP contribution in [-0.4, -0.2) is 23.9 Å². The molecule has 0 aromatic carbocycles. The molecule has 0 radical (unpaired) electrons. The highest BCUT2D eigenvalue weighted by atomic mass is 32.1. The van der Waals surface area contributed by atoms with Gasteiger partial charge in [0.2, 0.25) is 5.91 Å². The van der Waals surface area contributed by atoms with Gasteiger partial charge in [0.05, 0.1) is 6.42 Å². The van der Waals surface area contributed by atoms with Crippen molar-refractivity contribution in [2.24, 2.45) is 0 Å². The van der Waals surface area contributed by atoms with Crippen molar-refractivity contribution >= 4 is 17.2 Å². The van der Waals surface area contributed by atoms with Crippen molar-refractivity contribution in [1.82, 2.24) is 4.90 Å². The van der Waals surface area contributed by atoms with Gasteiger partial charge in [-0.15, -0.1) is 0 Å². The number of carbonyl (C=O) groups excluding carboxylic acids is 1. The van der Waals surface area contributed by atoms with Crippen LogP contribution in [0.3, 0.4) is 0 Å². The van der Waals surface area contributed by atoms with E-state index in [9.17, 15) is 4.79 Å². The average molecular weight is 237 g/mol. The molecule has 0 saturated carbocycles. The molecule has 1 aliphatic heterocycles. The maximum absolute atomic E-state index is 12.1. The molecule has 0 bridgehead atoms. The molecule has 2 nitrogen and oxygen atoms in total. The maximum Gasteiger partial charge on any atom is 0.227 e. The lowest BCUT2D eigenvalue weighted by molar-refractivity contribution is -0.130. The Balaban J connectivity index is 1.87. The largest absolute Gasteiger partial charge is 0.342 e. The minimum atomic E-state index is 0.306. The number of amides is 1. The summed E-state index contributed by atoms with van der Waals surface area (Å²) in [6, 6.07) is 2.05. The van der Waals surface area contributed by atoms with Crippen molar-refractivity contribution in [1.29, 1.82) is 0 Å². The highest BCUT2D eigenvalue weighted by Gasteiger charge is 2.14. The Hall–Kier alpha value is -0.830. The summed E-state index contributed by atoms with van der Waals surface area (Å²) in [5.41, 5.74) is 1.16. The maximum atomic E-state index is 12.1. The molecule has 16 heavy (non-hydrogen) atoms. The fourth-order valence-electron chi connectivity index (χ4n) is 2.18. The summed E-state index contributed by atoms with van der Waals surface area (Å²) in [5.74, 6) is 0.306. The lowest BCUT2D eigenvalue weighted by Crippen LogP contribution is -2.34. The second kappa shape index (κ2) is 6.04. The number of thiophene rings is 1. The topological polar surface area (TPSA) is 20.3 Å². The molecule has 0 atom stereocenters. The second-order valence-electron chi connectivity index (χ2n) is 4.46. The molecule has 0 aliphatic carbocycles. The summed E-state index contributed by atoms with van der Waals surface area (Å²) in [6.07, 6.45) is 6.84. The molecule has 1 aromatic rings. The van der Waals surface area contributed by atoms with Gasteiger partial charge >= 0.3 is 0 Å². The molecule has 1 aliphatic rings. The van der Waals surface area contributed by atoms with Gasteiger partial charge in [0.15, 0.2) is 0 Å². The zero-order chi connectivity index (χ0) is 11.2. The first-order valence-corrected chi connectivity index (χ1v) is 7.09. The minimum absolute atomic E-state index is 0.306. The van der Waals surface area contributed by atoms with Crippen LogP contribution in [0.2, 0.25) is 0 Å². The second-order valence-corrected chi connectivity index (χ2v) is 5.24. The summed E-state index contributed by atoms with van der Waals surface area (Å²) in [5, 5.41) is 4.11. The predicted molar refractivity (Wildman–Crippen MR) is 67.7 cm³/mol. The van der Waals surface area contributed by atoms with Gasteiger partial charge in [-0.25, -0.2) is 0 Å². The van der Waals surface area contributed by atoms with Crippen molar-refractivity contribution in [2.75, 3.05) is 13.1 Å². The van der Waals surface area contributed by atoms with Gasteiger partial charge in [-0.05, 0) is 35.2 Å². The van der Waals surface area contributed by atoms with Crippen molar-refractivity contribution in [2.45, 2.75) is 38.5 Å². The van der Waals surface area contributed by atoms with Crippen molar-refractivity contribution in [3.8, 4) is 0 Å². The van der Waals surface area contributed by atoms with Gasteiger partial charge in [0.1, 0.15) is 0 Å². The Bertz CT molecular complexity index is 313. The Morgan fingerprint density at radius 2 is 1.88 bits per heavy atom. The van der Waals surface area contributed by atoms with Crippen LogP contribution in [0.5, 0.6) is 0 Å². The normalized spacial score (nSPS) is 17.9. The van der Waals surface area contributed by atoms with Gasteiger partial charge in [-0.3, -0.25) is 4.79 Å². The van der Waals surface area contributed by atoms with Crippen molar-refractivity contribution in [3.63, 3.8) is 0 Å². The summed E-state index contributed by atoms with van der Waals surface area (Å²) in [6.45, 7) is 1.92. The predicted octanol–water partition coefficient (Wildman–Crippen LogP) is 3.08. The fourth-order valence-corrected chi connectivity index (χ4v) is 2.85. The molecular weight excluding hydrogens is 218 g/mol. The highest BCUT2D eigenvalue weighted by molar-refractivity contribution is 7.07. The summed E-state index contributed by atoms with van der Waals surface area (Å²) < 4.78 is 0. The summed E-state index contributed by atoms with van der Waals surface area (Å²) in [4.78, 5) is 14.1. The molecule has 2 heterocycles. The Morgan fingerprint density at radius 3 is 2.50 bits per heavy atom. The van der Waals surface area contributed by atoms with E-state index < -0.39 is 0 Å². The van der Waals surface area contributed by atoms with E-state index in [-0.39, 0.29) is 0 Å². The van der Waals surface area contributed by atoms with Gasteiger partial charge in [-0.1, -0.05) is 19.3 Å². The number of hydrogen-bond acceptors (Lipinski definition) is 2. The van der Waals surface area contributed by atoms with E-state index in [1.807, 2.05) is 11.4 Å². The van der Waals surface area contributed by atoms with Gasteiger partial charge in [0.25, 0.3) is 0 Å². The van der Waals surface area contributed by atoms with E-state index in [1.54, 1.807) is 11.3 Å². The Kier molecular flexibility index (Phi) is 4.40. The smallest absolute Gasteiger partial charge is 0.227 e. The summed E-state index contributed by atoms with van der Waals surface area (Å²) in [7, 11) is 0. The molecule has 0 spiro atoms. The van der Waals surface area contributed by atoms with Crippen LogP contribution in [0.1, 0.15) is 37.7 Å². The van der Waals surface area contributed by atoms with Gasteiger partial charge in [-0.2, -0.15) is 11.3 Å². The fraction of sp³-hybridized carbons (Fsp3) is 0.615. The van der Waals surface area contributed by atoms with Crippen LogP contribution in [0.4, 0.5) is 0 Å². The number of likely N-dealkylation sites (tertiary alicyclic amines) is 1. The molecule has 0 unspecified atom stereocenters. The highest BCUT2D eigenvalue weighted by Crippen LogP contribution is 2.13. The molecule has 1 amide bonds. The third-order valence-electron chi connectivity index (χ3n) is 3.14. The lowest BCUT2D eigenvalue weighted by Gasteiger charge is -2.24. The van der Waals surface area contributed by atoms with Crippen LogP contribution >= 0.6 is 11.3 Å². The monoisotopic (exact) mass is 237 g/mol. The van der Waals surface area contributed by atoms with E-state index in [1.165, 1.54) is 32.1 Å². The number of carbonyl (C=O) groups is 1. The first kappa shape index (κ1) is 11.6. The van der Waals surface area contributed by atoms with Crippen LogP contribution in [0, 0.1) is 0 Å². The standard InChI is InChI=1S/C13H19NOS/c15-13(10-12-6-9-16-11-12)14-7-4-2-1-3-5-8-14/h6,9,11H,1-5,7-8,10H2. The molecule has 1 fully saturated rings. The van der Waals surface area contributed by atoms with E-state index >= 15 is 0 Å². The Morgan fingerprint density at radius 1 is 1.19 bits per heavy atom. The SMILES string of the molecule is O=C(Cc1ccsc1)N1CCCCCCC1. The molecular formula is C13H19NOS. The first-order chi connectivity index (χ1) is 7.86. The van der Waals surface area contributed by atoms with Gasteiger partial charge < -0.3 is 4.90 Å².